The molecule has 0 fully saturated rings. The maximum absolute atomic E-state index is 13.3. The third-order valence-corrected chi connectivity index (χ3v) is 6.89. The van der Waals surface area contributed by atoms with Crippen molar-refractivity contribution in [2.24, 2.45) is 0 Å². The van der Waals surface area contributed by atoms with Gasteiger partial charge < -0.3 is 0 Å². The number of nitrogens with one attached hydrogen (secondary N) is 1. The Bertz CT molecular complexity index is 1070. The van der Waals surface area contributed by atoms with Gasteiger partial charge in [-0.25, -0.2) is 27.1 Å². The molecule has 0 spiro atoms. The van der Waals surface area contributed by atoms with E-state index in [4.69, 9.17) is 16.8 Å². The maximum atomic E-state index is 13.3. The summed E-state index contributed by atoms with van der Waals surface area (Å²) in [5, 5.41) is 8.66. The first kappa shape index (κ1) is 22.5. The lowest BCUT2D eigenvalue weighted by atomic mass is 9.99. The highest BCUT2D eigenvalue weighted by molar-refractivity contribution is 7.89. The van der Waals surface area contributed by atoms with Crippen molar-refractivity contribution in [1.82, 2.24) is 9.62 Å². The van der Waals surface area contributed by atoms with Crippen LogP contribution in [0.5, 0.6) is 0 Å². The van der Waals surface area contributed by atoms with Crippen LogP contribution in [0, 0.1) is 16.5 Å². The molecule has 1 aliphatic heterocycles. The number of nitrogens with zero attached hydrogens (tertiary/aromatic N) is 2. The van der Waals surface area contributed by atoms with Gasteiger partial charge in [0.25, 0.3) is 4.92 Å². The second-order valence-corrected chi connectivity index (χ2v) is 9.20. The molecule has 0 atom stereocenters. The Kier molecular flexibility index (Phi) is 7.02. The number of benzene rings is 2. The summed E-state index contributed by atoms with van der Waals surface area (Å²) in [6.07, 6.45) is 2.06. The van der Waals surface area contributed by atoms with Crippen LogP contribution >= 0.6 is 11.6 Å². The second-order valence-electron chi connectivity index (χ2n) is 7.05. The summed E-state index contributed by atoms with van der Waals surface area (Å²) in [5.74, 6) is -2.49. The molecule has 0 saturated heterocycles. The van der Waals surface area contributed by atoms with E-state index in [9.17, 15) is 22.1 Å². The summed E-state index contributed by atoms with van der Waals surface area (Å²) >= 11 is 5.73. The second kappa shape index (κ2) is 9.34. The molecule has 0 radical (unpaired) electrons. The fraction of sp³-hybridized carbons (Fsp3) is 0.368. The number of halogens is 3. The Balaban J connectivity index is 1.48. The van der Waals surface area contributed by atoms with E-state index < -0.39 is 26.6 Å². The van der Waals surface area contributed by atoms with Crippen molar-refractivity contribution in [3.63, 3.8) is 0 Å². The lowest BCUT2D eigenvalue weighted by Crippen LogP contribution is -2.32. The molecule has 1 heterocycles. The number of sulfonamides is 1. The highest BCUT2D eigenvalue weighted by Crippen LogP contribution is 2.25. The number of rotatable bonds is 8. The molecule has 2 aromatic rings. The molecule has 0 aliphatic carbocycles. The lowest BCUT2D eigenvalue weighted by molar-refractivity contribution is -0.729. The molecule has 0 aromatic heterocycles. The van der Waals surface area contributed by atoms with Crippen LogP contribution < -0.4 is 4.72 Å². The number of fused-ring (bicyclic) bond motifs is 1. The quantitative estimate of drug-likeness (QED) is 0.357. The topological polar surface area (TPSA) is 89.7 Å². The van der Waals surface area contributed by atoms with Crippen molar-refractivity contribution in [1.29, 1.82) is 0 Å². The molecule has 2 N–H and O–H groups in total. The summed E-state index contributed by atoms with van der Waals surface area (Å²) in [7, 11) is -4.05. The maximum Gasteiger partial charge on any atom is 0.316 e. The molecule has 162 valence electrons. The van der Waals surface area contributed by atoms with Crippen LogP contribution in [0.15, 0.2) is 35.2 Å². The van der Waals surface area contributed by atoms with Crippen molar-refractivity contribution in [3.8, 4) is 0 Å². The summed E-state index contributed by atoms with van der Waals surface area (Å²) in [6.45, 7) is 2.31. The first-order chi connectivity index (χ1) is 14.2. The predicted octanol–water partition coefficient (Wildman–Crippen LogP) is 3.53. The van der Waals surface area contributed by atoms with Crippen molar-refractivity contribution in [2.75, 3.05) is 19.6 Å². The van der Waals surface area contributed by atoms with Crippen LogP contribution in [-0.4, -0.2) is 43.1 Å². The van der Waals surface area contributed by atoms with Gasteiger partial charge in [-0.3, -0.25) is 4.90 Å². The fourth-order valence-corrected chi connectivity index (χ4v) is 4.96. The summed E-state index contributed by atoms with van der Waals surface area (Å²) < 4.78 is 53.3. The van der Waals surface area contributed by atoms with E-state index in [-0.39, 0.29) is 22.2 Å². The van der Waals surface area contributed by atoms with E-state index in [1.54, 1.807) is 12.1 Å². The summed E-state index contributed by atoms with van der Waals surface area (Å²) in [5.41, 5.74) is 2.29. The van der Waals surface area contributed by atoms with Gasteiger partial charge in [-0.1, -0.05) is 17.7 Å². The highest BCUT2D eigenvalue weighted by atomic mass is 35.5. The van der Waals surface area contributed by atoms with E-state index in [1.807, 2.05) is 6.07 Å². The smallest absolute Gasteiger partial charge is 0.299 e. The Morgan fingerprint density at radius 3 is 2.60 bits per heavy atom. The molecule has 1 aliphatic rings. The van der Waals surface area contributed by atoms with Crippen LogP contribution in [0.25, 0.3) is 0 Å². The first-order valence-corrected chi connectivity index (χ1v) is 11.2. The Hall–Kier alpha value is -2.14. The van der Waals surface area contributed by atoms with Crippen LogP contribution in [-0.2, 0) is 23.0 Å². The molecule has 2 aromatic carbocycles. The zero-order valence-electron chi connectivity index (χ0n) is 15.9. The van der Waals surface area contributed by atoms with Gasteiger partial charge >= 0.3 is 5.69 Å². The zero-order chi connectivity index (χ0) is 21.9. The minimum absolute atomic E-state index is 0.127. The Morgan fingerprint density at radius 1 is 1.13 bits per heavy atom. The monoisotopic (exact) mass is 460 g/mol. The normalized spacial score (nSPS) is 14.5. The Labute approximate surface area is 177 Å². The van der Waals surface area contributed by atoms with Gasteiger partial charge in [0.1, 0.15) is 4.90 Å². The molecule has 7 nitrogen and oxygen atoms in total. The van der Waals surface area contributed by atoms with Crippen molar-refractivity contribution < 1.29 is 27.3 Å². The molecular formula is C19H21ClF2N3O4S+. The molecule has 0 bridgehead atoms. The molecule has 3 rings (SSSR count). The van der Waals surface area contributed by atoms with Crippen LogP contribution in [0.3, 0.4) is 0 Å². The van der Waals surface area contributed by atoms with Gasteiger partial charge in [-0.2, -0.15) is 0 Å². The van der Waals surface area contributed by atoms with E-state index in [0.717, 1.165) is 30.6 Å². The number of unbranched alkanes of at least 4 members (excludes halogenated alkanes) is 1. The van der Waals surface area contributed by atoms with Crippen LogP contribution in [0.1, 0.15) is 24.0 Å². The van der Waals surface area contributed by atoms with E-state index >= 15 is 0 Å². The molecule has 0 amide bonds. The van der Waals surface area contributed by atoms with E-state index in [0.29, 0.717) is 31.5 Å². The van der Waals surface area contributed by atoms with Gasteiger partial charge in [-0.05, 0) is 49.1 Å². The van der Waals surface area contributed by atoms with Gasteiger partial charge in [0, 0.05) is 31.8 Å². The summed E-state index contributed by atoms with van der Waals surface area (Å²) in [4.78, 5) is 12.6. The van der Waals surface area contributed by atoms with Gasteiger partial charge in [0.2, 0.25) is 10.0 Å². The predicted molar refractivity (Wildman–Crippen MR) is 106 cm³/mol. The van der Waals surface area contributed by atoms with Crippen molar-refractivity contribution in [3.05, 3.63) is 63.0 Å². The van der Waals surface area contributed by atoms with E-state index in [2.05, 4.69) is 9.62 Å². The van der Waals surface area contributed by atoms with Gasteiger partial charge in [0.15, 0.2) is 11.6 Å². The van der Waals surface area contributed by atoms with Crippen molar-refractivity contribution >= 4 is 27.3 Å². The standard InChI is InChI=1S/C19H21ClF2N3O4S/c20-16-10-17(21)18(22)11-19(16)30(28,29)23-6-1-2-7-24-8-5-13-3-4-15(25(26)27)9-14(13)12-24/h3-4,9-11,23H,1-2,5-8,12H2,(H,26,27)/q+1. The highest BCUT2D eigenvalue weighted by Gasteiger charge is 2.22. The summed E-state index contributed by atoms with van der Waals surface area (Å²) in [6, 6.07) is 6.27. The van der Waals surface area contributed by atoms with Gasteiger partial charge in [0.05, 0.1) is 9.93 Å². The Morgan fingerprint density at radius 2 is 1.87 bits per heavy atom. The molecule has 0 unspecified atom stereocenters. The molecule has 11 heteroatoms. The minimum atomic E-state index is -4.05. The zero-order valence-corrected chi connectivity index (χ0v) is 17.5. The first-order valence-electron chi connectivity index (χ1n) is 9.32. The third-order valence-electron chi connectivity index (χ3n) is 4.96. The van der Waals surface area contributed by atoms with Crippen LogP contribution in [0.2, 0.25) is 5.02 Å². The lowest BCUT2D eigenvalue weighted by Gasteiger charge is -2.28. The minimum Gasteiger partial charge on any atom is -0.299 e. The largest absolute Gasteiger partial charge is 0.316 e. The van der Waals surface area contributed by atoms with Gasteiger partial charge in [-0.15, -0.1) is 0 Å². The SMILES string of the molecule is O=[N+](O)c1ccc2c(c1)CN(CCCCNS(=O)(=O)c1cc(F)c(F)cc1Cl)CC2. The van der Waals surface area contributed by atoms with Crippen LogP contribution in [0.4, 0.5) is 14.5 Å². The average molecular weight is 461 g/mol. The number of hydrogen-bond donors (Lipinski definition) is 2. The molecule has 30 heavy (non-hydrogen) atoms. The molecule has 0 saturated carbocycles. The third kappa shape index (κ3) is 5.31. The number of hydrogen-bond acceptors (Lipinski definition) is 4. The average Bonchev–Trinajstić information content (AvgIpc) is 2.69. The van der Waals surface area contributed by atoms with E-state index in [1.165, 1.54) is 0 Å². The van der Waals surface area contributed by atoms with Crippen molar-refractivity contribution in [2.45, 2.75) is 30.7 Å². The molecular weight excluding hydrogens is 440 g/mol. The fourth-order valence-electron chi connectivity index (χ4n) is 3.37.